The van der Waals surface area contributed by atoms with Gasteiger partial charge in [-0.1, -0.05) is 13.8 Å². The number of piperidine rings is 1. The van der Waals surface area contributed by atoms with Gasteiger partial charge in [-0.3, -0.25) is 4.79 Å². The number of hydrogen-bond acceptors (Lipinski definition) is 4. The molecule has 116 valence electrons. The molecule has 5 nitrogen and oxygen atoms in total. The Morgan fingerprint density at radius 3 is 2.40 bits per heavy atom. The number of rotatable bonds is 6. The van der Waals surface area contributed by atoms with Gasteiger partial charge in [-0.15, -0.1) is 0 Å². The molecule has 1 aliphatic heterocycles. The average Bonchev–Trinajstić information content (AvgIpc) is 2.49. The van der Waals surface area contributed by atoms with Crippen LogP contribution >= 0.6 is 0 Å². The van der Waals surface area contributed by atoms with Crippen molar-refractivity contribution in [1.82, 2.24) is 4.90 Å². The van der Waals surface area contributed by atoms with Crippen molar-refractivity contribution in [2.45, 2.75) is 58.9 Å². The Hall–Kier alpha value is -1.10. The Bertz CT molecular complexity index is 332. The SMILES string of the molecule is CCOC(=O)C1CCCCN1C(=O)C(CC)(CC)CN. The molecule has 1 saturated heterocycles. The second kappa shape index (κ2) is 7.62. The third-order valence-corrected chi connectivity index (χ3v) is 4.52. The first-order valence-corrected chi connectivity index (χ1v) is 7.74. The minimum Gasteiger partial charge on any atom is -0.464 e. The van der Waals surface area contributed by atoms with Crippen LogP contribution in [0.15, 0.2) is 0 Å². The number of carbonyl (C=O) groups excluding carboxylic acids is 2. The Labute approximate surface area is 121 Å². The second-order valence-electron chi connectivity index (χ2n) is 5.45. The van der Waals surface area contributed by atoms with Gasteiger partial charge in [0.25, 0.3) is 0 Å². The number of esters is 1. The molecule has 1 atom stereocenters. The highest BCUT2D eigenvalue weighted by Gasteiger charge is 2.42. The first kappa shape index (κ1) is 17.0. The van der Waals surface area contributed by atoms with Crippen LogP contribution < -0.4 is 5.73 Å². The topological polar surface area (TPSA) is 72.6 Å². The normalized spacial score (nSPS) is 19.8. The fourth-order valence-electron chi connectivity index (χ4n) is 2.89. The highest BCUT2D eigenvalue weighted by Crippen LogP contribution is 2.31. The van der Waals surface area contributed by atoms with Crippen LogP contribution in [0.5, 0.6) is 0 Å². The maximum atomic E-state index is 12.9. The Kier molecular flexibility index (Phi) is 6.46. The van der Waals surface area contributed by atoms with Gasteiger partial charge in [-0.25, -0.2) is 4.79 Å². The Balaban J connectivity index is 2.94. The predicted molar refractivity (Wildman–Crippen MR) is 78.1 cm³/mol. The van der Waals surface area contributed by atoms with Crippen molar-refractivity contribution in [3.05, 3.63) is 0 Å². The molecule has 0 aliphatic carbocycles. The minimum atomic E-state index is -0.540. The highest BCUT2D eigenvalue weighted by atomic mass is 16.5. The fourth-order valence-corrected chi connectivity index (χ4v) is 2.89. The fraction of sp³-hybridized carbons (Fsp3) is 0.867. The predicted octanol–water partition coefficient (Wildman–Crippen LogP) is 1.70. The number of carbonyl (C=O) groups is 2. The summed E-state index contributed by atoms with van der Waals surface area (Å²) >= 11 is 0. The quantitative estimate of drug-likeness (QED) is 0.753. The van der Waals surface area contributed by atoms with Crippen LogP contribution in [0, 0.1) is 5.41 Å². The van der Waals surface area contributed by atoms with E-state index in [9.17, 15) is 9.59 Å². The maximum Gasteiger partial charge on any atom is 0.328 e. The highest BCUT2D eigenvalue weighted by molar-refractivity contribution is 5.88. The van der Waals surface area contributed by atoms with Crippen LogP contribution in [0.2, 0.25) is 0 Å². The molecule has 0 aromatic rings. The number of ether oxygens (including phenoxy) is 1. The van der Waals surface area contributed by atoms with Gasteiger partial charge >= 0.3 is 5.97 Å². The lowest BCUT2D eigenvalue weighted by Crippen LogP contribution is -2.55. The van der Waals surface area contributed by atoms with Crippen LogP contribution in [0.1, 0.15) is 52.9 Å². The summed E-state index contributed by atoms with van der Waals surface area (Å²) < 4.78 is 5.11. The van der Waals surface area contributed by atoms with Gasteiger partial charge in [0.15, 0.2) is 0 Å². The van der Waals surface area contributed by atoms with Gasteiger partial charge in [0.05, 0.1) is 12.0 Å². The van der Waals surface area contributed by atoms with Crippen LogP contribution in [-0.4, -0.2) is 42.5 Å². The molecule has 0 spiro atoms. The summed E-state index contributed by atoms with van der Waals surface area (Å²) in [6.45, 7) is 7.06. The lowest BCUT2D eigenvalue weighted by atomic mass is 9.80. The molecular formula is C15H28N2O3. The molecule has 0 aromatic carbocycles. The molecule has 0 saturated carbocycles. The molecule has 1 aliphatic rings. The molecule has 0 aromatic heterocycles. The van der Waals surface area contributed by atoms with E-state index in [1.165, 1.54) is 0 Å². The third kappa shape index (κ3) is 3.32. The van der Waals surface area contributed by atoms with E-state index in [-0.39, 0.29) is 11.9 Å². The summed E-state index contributed by atoms with van der Waals surface area (Å²) in [4.78, 5) is 26.6. The number of likely N-dealkylation sites (tertiary alicyclic amines) is 1. The van der Waals surface area contributed by atoms with Crippen molar-refractivity contribution in [2.24, 2.45) is 11.1 Å². The van der Waals surface area contributed by atoms with E-state index >= 15 is 0 Å². The average molecular weight is 284 g/mol. The van der Waals surface area contributed by atoms with Crippen LogP contribution in [0.25, 0.3) is 0 Å². The zero-order valence-corrected chi connectivity index (χ0v) is 13.0. The summed E-state index contributed by atoms with van der Waals surface area (Å²) in [6.07, 6.45) is 3.99. The molecular weight excluding hydrogens is 256 g/mol. The van der Waals surface area contributed by atoms with Gasteiger partial charge in [0.2, 0.25) is 5.91 Å². The first-order chi connectivity index (χ1) is 9.56. The number of nitrogens with two attached hydrogens (primary N) is 1. The molecule has 20 heavy (non-hydrogen) atoms. The Morgan fingerprint density at radius 2 is 1.90 bits per heavy atom. The summed E-state index contributed by atoms with van der Waals surface area (Å²) in [5, 5.41) is 0. The summed E-state index contributed by atoms with van der Waals surface area (Å²) in [5.41, 5.74) is 5.31. The van der Waals surface area contributed by atoms with Gasteiger partial charge in [0, 0.05) is 13.1 Å². The standard InChI is InChI=1S/C15H28N2O3/c1-4-15(5-2,11-16)14(19)17-10-8-7-9-12(17)13(18)20-6-3/h12H,4-11,16H2,1-3H3. The lowest BCUT2D eigenvalue weighted by Gasteiger charge is -2.40. The van der Waals surface area contributed by atoms with Gasteiger partial charge in [-0.05, 0) is 39.0 Å². The second-order valence-corrected chi connectivity index (χ2v) is 5.45. The molecule has 1 unspecified atom stereocenters. The molecule has 1 rings (SSSR count). The van der Waals surface area contributed by atoms with Crippen LogP contribution in [0.4, 0.5) is 0 Å². The summed E-state index contributed by atoms with van der Waals surface area (Å²) in [7, 11) is 0. The van der Waals surface area contributed by atoms with Crippen molar-refractivity contribution in [2.75, 3.05) is 19.7 Å². The minimum absolute atomic E-state index is 0.0164. The zero-order valence-electron chi connectivity index (χ0n) is 13.0. The van der Waals surface area contributed by atoms with E-state index in [0.717, 1.165) is 12.8 Å². The maximum absolute atomic E-state index is 12.9. The summed E-state index contributed by atoms with van der Waals surface area (Å²) in [6, 6.07) is -0.430. The van der Waals surface area contributed by atoms with Gasteiger partial charge in [-0.2, -0.15) is 0 Å². The van der Waals surface area contributed by atoms with Crippen molar-refractivity contribution in [3.63, 3.8) is 0 Å². The van der Waals surface area contributed by atoms with Crippen molar-refractivity contribution < 1.29 is 14.3 Å². The van der Waals surface area contributed by atoms with Crippen molar-refractivity contribution >= 4 is 11.9 Å². The lowest BCUT2D eigenvalue weighted by molar-refractivity contribution is -0.161. The first-order valence-electron chi connectivity index (χ1n) is 7.74. The third-order valence-electron chi connectivity index (χ3n) is 4.52. The smallest absolute Gasteiger partial charge is 0.328 e. The van der Waals surface area contributed by atoms with Crippen LogP contribution in [0.3, 0.4) is 0 Å². The van der Waals surface area contributed by atoms with E-state index in [1.807, 2.05) is 13.8 Å². The Morgan fingerprint density at radius 1 is 1.25 bits per heavy atom. The monoisotopic (exact) mass is 284 g/mol. The van der Waals surface area contributed by atoms with E-state index in [0.29, 0.717) is 39.0 Å². The molecule has 1 fully saturated rings. The van der Waals surface area contributed by atoms with Gasteiger partial charge < -0.3 is 15.4 Å². The van der Waals surface area contributed by atoms with E-state index in [4.69, 9.17) is 10.5 Å². The zero-order chi connectivity index (χ0) is 15.2. The van der Waals surface area contributed by atoms with Gasteiger partial charge in [0.1, 0.15) is 6.04 Å². The summed E-state index contributed by atoms with van der Waals surface area (Å²) in [5.74, 6) is -0.263. The van der Waals surface area contributed by atoms with E-state index in [1.54, 1.807) is 11.8 Å². The molecule has 0 bridgehead atoms. The van der Waals surface area contributed by atoms with Crippen LogP contribution in [-0.2, 0) is 14.3 Å². The molecule has 1 amide bonds. The molecule has 2 N–H and O–H groups in total. The number of nitrogens with zero attached hydrogens (tertiary/aromatic N) is 1. The van der Waals surface area contributed by atoms with Crippen molar-refractivity contribution in [3.8, 4) is 0 Å². The number of amides is 1. The number of hydrogen-bond donors (Lipinski definition) is 1. The van der Waals surface area contributed by atoms with E-state index < -0.39 is 11.5 Å². The largest absolute Gasteiger partial charge is 0.464 e. The molecule has 5 heteroatoms. The molecule has 0 radical (unpaired) electrons. The molecule has 1 heterocycles. The van der Waals surface area contributed by atoms with E-state index in [2.05, 4.69) is 0 Å². The van der Waals surface area contributed by atoms with Crippen molar-refractivity contribution in [1.29, 1.82) is 0 Å².